The smallest absolute Gasteiger partial charge is 1.00 e. The number of allylic oxidation sites excluding steroid dienone is 4. The molecule has 2 aromatic carbocycles. The monoisotopic (exact) mass is 468 g/mol. The third kappa shape index (κ3) is 6.00. The first kappa shape index (κ1) is 27.5. The van der Waals surface area contributed by atoms with Crippen LogP contribution in [-0.2, 0) is 20.4 Å². The summed E-state index contributed by atoms with van der Waals surface area (Å²) in [6, 6.07) is 18.1. The summed E-state index contributed by atoms with van der Waals surface area (Å²) >= 11 is 2.33. The van der Waals surface area contributed by atoms with E-state index >= 15 is 0 Å². The number of halogens is 3. The summed E-state index contributed by atoms with van der Waals surface area (Å²) < 4.78 is 1.52. The Labute approximate surface area is 200 Å². The van der Waals surface area contributed by atoms with Gasteiger partial charge in [0.25, 0.3) is 0 Å². The zero-order valence-electron chi connectivity index (χ0n) is 16.9. The normalized spacial score (nSPS) is 14.0. The van der Waals surface area contributed by atoms with Crippen molar-refractivity contribution in [3.05, 3.63) is 91.9 Å². The van der Waals surface area contributed by atoms with Crippen LogP contribution in [0.4, 0.5) is 0 Å². The van der Waals surface area contributed by atoms with E-state index in [0.29, 0.717) is 11.8 Å². The van der Waals surface area contributed by atoms with Crippen LogP contribution in [0.25, 0.3) is 0 Å². The predicted octanol–water partition coefficient (Wildman–Crippen LogP) is -2.38. The molecule has 0 heterocycles. The van der Waals surface area contributed by atoms with E-state index in [0.717, 1.165) is 6.42 Å². The maximum Gasteiger partial charge on any atom is -1.00 e. The van der Waals surface area contributed by atoms with Crippen LogP contribution >= 0.6 is 0 Å². The predicted molar refractivity (Wildman–Crippen MR) is 103 cm³/mol. The standard InChI is InChI=1S/C24H27.3ClH.Ti/c1-5-19(4)20-12-13-23(16-20)24(21-10-6-8-17(2)14-21)22-11-7-9-18(3)15-22;;;;/h6-12,14-15,19,24H,5,13H2,1-4H3;3*1H;/q;;;;+3/p-3. The molecule has 0 fully saturated rings. The molecule has 0 radical (unpaired) electrons. The number of hydrogen-bond acceptors (Lipinski definition) is 0. The molecule has 0 aliphatic heterocycles. The quantitative estimate of drug-likeness (QED) is 0.430. The largest absolute Gasteiger partial charge is 1.00 e. The Bertz CT molecular complexity index is 794. The zero-order chi connectivity index (χ0) is 18.0. The average molecular weight is 470 g/mol. The number of benzene rings is 2. The molecule has 0 bridgehead atoms. The van der Waals surface area contributed by atoms with Crippen LogP contribution < -0.4 is 37.2 Å². The summed E-state index contributed by atoms with van der Waals surface area (Å²) in [6.07, 6.45) is 4.76. The van der Waals surface area contributed by atoms with Crippen LogP contribution in [0.3, 0.4) is 0 Å². The molecule has 28 heavy (non-hydrogen) atoms. The Balaban J connectivity index is 0.00000243. The van der Waals surface area contributed by atoms with Crippen molar-refractivity contribution in [3.8, 4) is 0 Å². The van der Waals surface area contributed by atoms with Crippen molar-refractivity contribution in [2.24, 2.45) is 5.92 Å². The first-order valence-corrected chi connectivity index (χ1v) is 10.1. The van der Waals surface area contributed by atoms with Gasteiger partial charge in [-0.2, -0.15) is 0 Å². The van der Waals surface area contributed by atoms with E-state index in [1.165, 1.54) is 32.6 Å². The van der Waals surface area contributed by atoms with Crippen molar-refractivity contribution in [1.82, 2.24) is 0 Å². The summed E-state index contributed by atoms with van der Waals surface area (Å²) in [5.41, 5.74) is 8.63. The van der Waals surface area contributed by atoms with Gasteiger partial charge in [0.2, 0.25) is 0 Å². The zero-order valence-corrected chi connectivity index (χ0v) is 20.7. The molecule has 0 amide bonds. The fraction of sp³-hybridized carbons (Fsp3) is 0.333. The van der Waals surface area contributed by atoms with E-state index < -0.39 is 0 Å². The third-order valence-corrected chi connectivity index (χ3v) is 6.35. The van der Waals surface area contributed by atoms with Gasteiger partial charge in [-0.25, -0.2) is 0 Å². The van der Waals surface area contributed by atoms with Gasteiger partial charge < -0.3 is 37.2 Å². The Kier molecular flexibility index (Phi) is 12.0. The van der Waals surface area contributed by atoms with Gasteiger partial charge in [-0.05, 0) is 0 Å². The number of aryl methyl sites for hydroxylation is 2. The first-order valence-electron chi connectivity index (χ1n) is 9.29. The molecule has 0 saturated heterocycles. The second-order valence-electron chi connectivity index (χ2n) is 7.33. The fourth-order valence-electron chi connectivity index (χ4n) is 3.83. The Hall–Kier alpha value is -0.496. The Morgan fingerprint density at radius 2 is 1.39 bits per heavy atom. The molecular formula is C24H27Cl3Ti. The molecular weight excluding hydrogens is 442 g/mol. The third-order valence-electron chi connectivity index (χ3n) is 5.39. The van der Waals surface area contributed by atoms with Gasteiger partial charge in [0, 0.05) is 0 Å². The summed E-state index contributed by atoms with van der Waals surface area (Å²) in [7, 11) is 0. The first-order chi connectivity index (χ1) is 12.0. The second kappa shape index (κ2) is 12.3. The average Bonchev–Trinajstić information content (AvgIpc) is 2.96. The van der Waals surface area contributed by atoms with Crippen LogP contribution in [0.15, 0.2) is 69.6 Å². The second-order valence-corrected chi connectivity index (χ2v) is 8.12. The van der Waals surface area contributed by atoms with Gasteiger partial charge in [0.1, 0.15) is 0 Å². The van der Waals surface area contributed by atoms with Gasteiger partial charge in [-0.1, -0.05) is 0 Å². The van der Waals surface area contributed by atoms with Gasteiger partial charge in [-0.15, -0.1) is 0 Å². The molecule has 1 aliphatic carbocycles. The van der Waals surface area contributed by atoms with Gasteiger partial charge in [0.15, 0.2) is 0 Å². The SMILES string of the molecule is CCC(C)C1=CCC(C(c2cccc(C)c2)c2cccc(C)c2)=[C]1[Ti+3].[Cl-].[Cl-].[Cl-]. The molecule has 0 saturated carbocycles. The van der Waals surface area contributed by atoms with Crippen molar-refractivity contribution in [2.75, 3.05) is 0 Å². The summed E-state index contributed by atoms with van der Waals surface area (Å²) in [6.45, 7) is 9.02. The van der Waals surface area contributed by atoms with E-state index in [9.17, 15) is 0 Å². The number of rotatable bonds is 5. The van der Waals surface area contributed by atoms with Crippen LogP contribution in [0.5, 0.6) is 0 Å². The molecule has 1 atom stereocenters. The minimum absolute atomic E-state index is 0. The Morgan fingerprint density at radius 3 is 1.82 bits per heavy atom. The number of hydrogen-bond donors (Lipinski definition) is 0. The van der Waals surface area contributed by atoms with Crippen LogP contribution in [0.1, 0.15) is 54.9 Å². The molecule has 148 valence electrons. The minimum atomic E-state index is 0. The molecule has 0 nitrogen and oxygen atoms in total. The summed E-state index contributed by atoms with van der Waals surface area (Å²) in [5, 5.41) is 0. The minimum Gasteiger partial charge on any atom is -1.00 e. The van der Waals surface area contributed by atoms with E-state index in [2.05, 4.69) is 103 Å². The Morgan fingerprint density at radius 1 is 0.893 bits per heavy atom. The van der Waals surface area contributed by atoms with Crippen molar-refractivity contribution in [3.63, 3.8) is 0 Å². The molecule has 2 aromatic rings. The van der Waals surface area contributed by atoms with Crippen molar-refractivity contribution >= 4 is 0 Å². The van der Waals surface area contributed by atoms with E-state index in [1.54, 1.807) is 11.1 Å². The molecule has 0 spiro atoms. The molecule has 1 unspecified atom stereocenters. The maximum atomic E-state index is 2.47. The fourth-order valence-corrected chi connectivity index (χ4v) is 4.76. The molecule has 0 aromatic heterocycles. The summed E-state index contributed by atoms with van der Waals surface area (Å²) in [4.78, 5) is 0. The maximum absolute atomic E-state index is 2.47. The van der Waals surface area contributed by atoms with E-state index in [1.807, 2.05) is 0 Å². The van der Waals surface area contributed by atoms with Crippen molar-refractivity contribution < 1.29 is 57.7 Å². The summed E-state index contributed by atoms with van der Waals surface area (Å²) in [5.74, 6) is 1.01. The molecule has 4 heteroatoms. The van der Waals surface area contributed by atoms with Crippen LogP contribution in [0.2, 0.25) is 0 Å². The topological polar surface area (TPSA) is 0 Å². The van der Waals surface area contributed by atoms with Crippen LogP contribution in [0, 0.1) is 19.8 Å². The van der Waals surface area contributed by atoms with E-state index in [4.69, 9.17) is 0 Å². The van der Waals surface area contributed by atoms with E-state index in [-0.39, 0.29) is 37.2 Å². The van der Waals surface area contributed by atoms with Crippen LogP contribution in [-0.4, -0.2) is 0 Å². The molecule has 0 N–H and O–H groups in total. The van der Waals surface area contributed by atoms with Gasteiger partial charge in [0.05, 0.1) is 0 Å². The van der Waals surface area contributed by atoms with Crippen molar-refractivity contribution in [2.45, 2.75) is 46.5 Å². The molecule has 3 rings (SSSR count). The van der Waals surface area contributed by atoms with Crippen molar-refractivity contribution in [1.29, 1.82) is 0 Å². The van der Waals surface area contributed by atoms with Gasteiger partial charge in [-0.3, -0.25) is 0 Å². The molecule has 1 aliphatic rings. The van der Waals surface area contributed by atoms with Gasteiger partial charge >= 0.3 is 165 Å².